The van der Waals surface area contributed by atoms with Gasteiger partial charge in [-0.25, -0.2) is 9.97 Å². The van der Waals surface area contributed by atoms with Crippen LogP contribution in [0.5, 0.6) is 0 Å². The van der Waals surface area contributed by atoms with E-state index in [0.29, 0.717) is 41.7 Å². The van der Waals surface area contributed by atoms with Crippen molar-refractivity contribution in [1.29, 1.82) is 10.5 Å². The lowest BCUT2D eigenvalue weighted by molar-refractivity contribution is 0.290. The SMILES string of the molecule is CCCNc1nc(Nc2ccc(C#N)cc2)ncc1C#CCCCO.CCCNc1nc(Nc2ccc(C#N)cc2)ncc1I.Cl. The molecular weight excluding hydrogens is 715 g/mol. The fraction of sp³-hybridized carbons (Fsp3) is 0.273. The molecule has 0 fully saturated rings. The van der Waals surface area contributed by atoms with Crippen LogP contribution in [0.2, 0.25) is 0 Å². The summed E-state index contributed by atoms with van der Waals surface area (Å²) in [5.74, 6) is 8.59. The van der Waals surface area contributed by atoms with Gasteiger partial charge in [-0.05, 0) is 90.4 Å². The fourth-order valence-corrected chi connectivity index (χ4v) is 4.00. The summed E-state index contributed by atoms with van der Waals surface area (Å²) in [4.78, 5) is 17.5. The number of benzene rings is 2. The van der Waals surface area contributed by atoms with Crippen molar-refractivity contribution in [3.8, 4) is 24.0 Å². The highest BCUT2D eigenvalue weighted by molar-refractivity contribution is 14.1. The molecule has 0 saturated carbocycles. The Morgan fingerprint density at radius 1 is 0.761 bits per heavy atom. The van der Waals surface area contributed by atoms with Crippen LogP contribution in [0.1, 0.15) is 56.2 Å². The fourth-order valence-electron chi connectivity index (χ4n) is 3.55. The van der Waals surface area contributed by atoms with E-state index >= 15 is 0 Å². The van der Waals surface area contributed by atoms with Crippen LogP contribution in [-0.4, -0.2) is 44.7 Å². The van der Waals surface area contributed by atoms with Gasteiger partial charge in [0, 0.05) is 43.7 Å². The molecule has 2 heterocycles. The molecule has 11 nitrogen and oxygen atoms in total. The molecule has 0 aliphatic carbocycles. The van der Waals surface area contributed by atoms with Crippen LogP contribution < -0.4 is 21.3 Å². The Balaban J connectivity index is 0.000000321. The van der Waals surface area contributed by atoms with E-state index in [-0.39, 0.29) is 19.0 Å². The molecular formula is C33H36ClIN10O. The van der Waals surface area contributed by atoms with Crippen molar-refractivity contribution >= 4 is 69.9 Å². The summed E-state index contributed by atoms with van der Waals surface area (Å²) in [6, 6.07) is 18.4. The predicted molar refractivity (Wildman–Crippen MR) is 194 cm³/mol. The van der Waals surface area contributed by atoms with Crippen molar-refractivity contribution in [2.24, 2.45) is 0 Å². The molecule has 0 atom stereocenters. The van der Waals surface area contributed by atoms with E-state index in [1.807, 2.05) is 24.3 Å². The average Bonchev–Trinajstić information content (AvgIpc) is 3.07. The number of anilines is 6. The van der Waals surface area contributed by atoms with Gasteiger partial charge in [0.15, 0.2) is 0 Å². The van der Waals surface area contributed by atoms with Gasteiger partial charge in [-0.3, -0.25) is 0 Å². The minimum absolute atomic E-state index is 0. The lowest BCUT2D eigenvalue weighted by Crippen LogP contribution is -2.07. The van der Waals surface area contributed by atoms with Gasteiger partial charge in [-0.2, -0.15) is 20.5 Å². The van der Waals surface area contributed by atoms with Crippen molar-refractivity contribution in [2.45, 2.75) is 39.5 Å². The van der Waals surface area contributed by atoms with Crippen LogP contribution in [-0.2, 0) is 0 Å². The third-order valence-corrected chi connectivity index (χ3v) is 6.63. The molecule has 0 spiro atoms. The van der Waals surface area contributed by atoms with Gasteiger partial charge in [0.1, 0.15) is 11.6 Å². The number of halogens is 2. The smallest absolute Gasteiger partial charge is 0.229 e. The van der Waals surface area contributed by atoms with E-state index in [4.69, 9.17) is 15.6 Å². The number of nitrogens with one attached hydrogen (secondary N) is 4. The Hall–Kier alpha value is -4.68. The number of hydrogen-bond acceptors (Lipinski definition) is 11. The molecule has 0 saturated heterocycles. The maximum absolute atomic E-state index is 8.84. The zero-order chi connectivity index (χ0) is 32.3. The highest BCUT2D eigenvalue weighted by atomic mass is 127. The number of aromatic nitrogens is 4. The van der Waals surface area contributed by atoms with Crippen molar-refractivity contribution in [2.75, 3.05) is 41.0 Å². The van der Waals surface area contributed by atoms with Gasteiger partial charge >= 0.3 is 0 Å². The van der Waals surface area contributed by atoms with Crippen molar-refractivity contribution in [1.82, 2.24) is 19.9 Å². The van der Waals surface area contributed by atoms with Gasteiger partial charge in [0.2, 0.25) is 11.9 Å². The molecule has 0 aliphatic rings. The standard InChI is InChI=1S/C19H21N5O.C14H14IN5.ClH/c1-2-11-21-18-16(6-4-3-5-12-25)14-22-19(24-18)23-17-9-7-15(13-20)8-10-17;1-2-7-17-13-12(15)9-18-14(20-13)19-11-5-3-10(8-16)4-6-11;/h7-10,14,25H,2-3,5,11-12H2,1H3,(H2,21,22,23,24);3-6,9H,2,7H2,1H3,(H2,17,18,19,20);1H. The number of unbranched alkanes of at least 4 members (excludes halogenated alkanes) is 1. The number of rotatable bonds is 12. The van der Waals surface area contributed by atoms with Crippen LogP contribution in [0.3, 0.4) is 0 Å². The number of hydrogen-bond donors (Lipinski definition) is 5. The largest absolute Gasteiger partial charge is 0.396 e. The van der Waals surface area contributed by atoms with Crippen LogP contribution >= 0.6 is 35.0 Å². The normalized spacial score (nSPS) is 9.52. The van der Waals surface area contributed by atoms with E-state index in [1.165, 1.54) is 0 Å². The second kappa shape index (κ2) is 21.1. The van der Waals surface area contributed by atoms with E-state index in [9.17, 15) is 0 Å². The molecule has 13 heteroatoms. The summed E-state index contributed by atoms with van der Waals surface area (Å²) in [7, 11) is 0. The molecule has 0 unspecified atom stereocenters. The first-order valence-electron chi connectivity index (χ1n) is 14.5. The van der Waals surface area contributed by atoms with Gasteiger partial charge in [-0.1, -0.05) is 25.7 Å². The molecule has 2 aromatic heterocycles. The first kappa shape index (κ1) is 37.5. The predicted octanol–water partition coefficient (Wildman–Crippen LogP) is 6.98. The Kier molecular flexibility index (Phi) is 17.2. The minimum atomic E-state index is 0. The van der Waals surface area contributed by atoms with Crippen LogP contribution in [0.25, 0.3) is 0 Å². The average molecular weight is 751 g/mol. The molecule has 4 aromatic rings. The van der Waals surface area contributed by atoms with Gasteiger partial charge in [0.25, 0.3) is 0 Å². The van der Waals surface area contributed by atoms with Crippen LogP contribution in [0.15, 0.2) is 60.9 Å². The van der Waals surface area contributed by atoms with E-state index in [0.717, 1.165) is 52.3 Å². The summed E-state index contributed by atoms with van der Waals surface area (Å²) in [6.07, 6.45) is 6.76. The maximum atomic E-state index is 8.84. The third-order valence-electron chi connectivity index (χ3n) is 5.84. The molecule has 5 N–H and O–H groups in total. The molecule has 4 rings (SSSR count). The molecule has 0 aliphatic heterocycles. The Morgan fingerprint density at radius 3 is 1.76 bits per heavy atom. The number of aliphatic hydroxyl groups is 1. The van der Waals surface area contributed by atoms with Crippen molar-refractivity contribution in [3.05, 3.63) is 81.2 Å². The summed E-state index contributed by atoms with van der Waals surface area (Å²) >= 11 is 2.21. The molecule has 46 heavy (non-hydrogen) atoms. The lowest BCUT2D eigenvalue weighted by atomic mass is 10.2. The van der Waals surface area contributed by atoms with Crippen LogP contribution in [0, 0.1) is 38.1 Å². The molecule has 238 valence electrons. The van der Waals surface area contributed by atoms with E-state index in [1.54, 1.807) is 36.7 Å². The Labute approximate surface area is 289 Å². The summed E-state index contributed by atoms with van der Waals surface area (Å²) in [6.45, 7) is 6.00. The summed E-state index contributed by atoms with van der Waals surface area (Å²) in [5, 5.41) is 39.2. The molecule has 0 bridgehead atoms. The number of aliphatic hydroxyl groups excluding tert-OH is 1. The molecule has 2 aromatic carbocycles. The maximum Gasteiger partial charge on any atom is 0.229 e. The van der Waals surface area contributed by atoms with Crippen LogP contribution in [0.4, 0.5) is 34.9 Å². The number of nitrogens with zero attached hydrogens (tertiary/aromatic N) is 6. The number of nitriles is 2. The first-order chi connectivity index (χ1) is 22.0. The zero-order valence-electron chi connectivity index (χ0n) is 25.6. The van der Waals surface area contributed by atoms with Gasteiger partial charge in [0.05, 0.1) is 38.6 Å². The zero-order valence-corrected chi connectivity index (χ0v) is 28.6. The molecule has 0 amide bonds. The Morgan fingerprint density at radius 2 is 1.26 bits per heavy atom. The highest BCUT2D eigenvalue weighted by Crippen LogP contribution is 2.20. The summed E-state index contributed by atoms with van der Waals surface area (Å²) in [5.41, 5.74) is 3.63. The summed E-state index contributed by atoms with van der Waals surface area (Å²) < 4.78 is 0.987. The van der Waals surface area contributed by atoms with E-state index in [2.05, 4.69) is 102 Å². The Bertz CT molecular complexity index is 1660. The highest BCUT2D eigenvalue weighted by Gasteiger charge is 2.07. The van der Waals surface area contributed by atoms with Gasteiger partial charge < -0.3 is 26.4 Å². The topological polar surface area (TPSA) is 167 Å². The second-order valence-electron chi connectivity index (χ2n) is 9.46. The lowest BCUT2D eigenvalue weighted by Gasteiger charge is -2.10. The second-order valence-corrected chi connectivity index (χ2v) is 10.6. The van der Waals surface area contributed by atoms with E-state index < -0.39 is 0 Å². The molecule has 0 radical (unpaired) electrons. The van der Waals surface area contributed by atoms with Gasteiger partial charge in [-0.15, -0.1) is 12.4 Å². The van der Waals surface area contributed by atoms with Crippen molar-refractivity contribution < 1.29 is 5.11 Å². The minimum Gasteiger partial charge on any atom is -0.396 e. The third kappa shape index (κ3) is 12.7. The first-order valence-corrected chi connectivity index (χ1v) is 15.6. The quantitative estimate of drug-likeness (QED) is 0.0576. The van der Waals surface area contributed by atoms with Crippen molar-refractivity contribution in [3.63, 3.8) is 0 Å². The monoisotopic (exact) mass is 750 g/mol.